The van der Waals surface area contributed by atoms with E-state index in [4.69, 9.17) is 5.26 Å². The van der Waals surface area contributed by atoms with Crippen molar-refractivity contribution in [1.82, 2.24) is 4.98 Å². The van der Waals surface area contributed by atoms with E-state index in [2.05, 4.69) is 10.3 Å². The maximum Gasteiger partial charge on any atom is 0.419 e. The zero-order valence-electron chi connectivity index (χ0n) is 11.4. The molecule has 0 aliphatic heterocycles. The van der Waals surface area contributed by atoms with Gasteiger partial charge in [-0.25, -0.2) is 4.98 Å². The van der Waals surface area contributed by atoms with E-state index in [1.54, 1.807) is 0 Å². The molecule has 20 heavy (non-hydrogen) atoms. The van der Waals surface area contributed by atoms with Crippen LogP contribution in [0.3, 0.4) is 0 Å². The number of hydrogen-bond donors (Lipinski definition) is 2. The molecule has 1 aromatic heterocycles. The number of hydrogen-bond acceptors (Lipinski definition) is 4. The van der Waals surface area contributed by atoms with Crippen molar-refractivity contribution in [2.75, 3.05) is 11.9 Å². The average molecular weight is 287 g/mol. The topological polar surface area (TPSA) is 68.9 Å². The van der Waals surface area contributed by atoms with Crippen LogP contribution in [0.2, 0.25) is 0 Å². The number of aliphatic hydroxyl groups is 1. The molecule has 1 aromatic rings. The van der Waals surface area contributed by atoms with E-state index < -0.39 is 23.5 Å². The van der Waals surface area contributed by atoms with Gasteiger partial charge in [-0.2, -0.15) is 18.4 Å². The molecule has 0 aliphatic carbocycles. The Labute approximate surface area is 115 Å². The largest absolute Gasteiger partial charge is 0.419 e. The quantitative estimate of drug-likeness (QED) is 0.897. The molecule has 1 atom stereocenters. The first-order chi connectivity index (χ1) is 9.09. The van der Waals surface area contributed by atoms with Crippen molar-refractivity contribution < 1.29 is 18.3 Å². The SMILES string of the molecule is CC(C)(C)[C@H](CO)Nc1ccc(C(F)(F)F)c(C#N)n1. The van der Waals surface area contributed by atoms with Gasteiger partial charge in [0.25, 0.3) is 0 Å². The number of halogens is 3. The molecule has 7 heteroatoms. The molecule has 0 saturated heterocycles. The van der Waals surface area contributed by atoms with Gasteiger partial charge in [0, 0.05) is 0 Å². The molecule has 0 radical (unpaired) electrons. The number of aliphatic hydroxyl groups excluding tert-OH is 1. The Morgan fingerprint density at radius 3 is 2.35 bits per heavy atom. The Kier molecular flexibility index (Phi) is 4.61. The summed E-state index contributed by atoms with van der Waals surface area (Å²) in [6.45, 7) is 5.41. The molecule has 2 N–H and O–H groups in total. The molecule has 4 nitrogen and oxygen atoms in total. The Morgan fingerprint density at radius 2 is 1.95 bits per heavy atom. The van der Waals surface area contributed by atoms with Gasteiger partial charge in [0.1, 0.15) is 11.9 Å². The number of alkyl halides is 3. The maximum atomic E-state index is 12.6. The predicted molar refractivity (Wildman–Crippen MR) is 67.9 cm³/mol. The van der Waals surface area contributed by atoms with Gasteiger partial charge in [0.2, 0.25) is 0 Å². The number of pyridine rings is 1. The van der Waals surface area contributed by atoms with Gasteiger partial charge in [-0.3, -0.25) is 0 Å². The number of nitrogens with zero attached hydrogens (tertiary/aromatic N) is 2. The van der Waals surface area contributed by atoms with Crippen molar-refractivity contribution in [1.29, 1.82) is 5.26 Å². The van der Waals surface area contributed by atoms with Crippen LogP contribution in [-0.2, 0) is 6.18 Å². The van der Waals surface area contributed by atoms with Crippen molar-refractivity contribution in [2.45, 2.75) is 33.0 Å². The van der Waals surface area contributed by atoms with Crippen molar-refractivity contribution in [3.05, 3.63) is 23.4 Å². The Bertz CT molecular complexity index is 515. The summed E-state index contributed by atoms with van der Waals surface area (Å²) in [4.78, 5) is 3.66. The van der Waals surface area contributed by atoms with Gasteiger partial charge in [0.05, 0.1) is 18.2 Å². The van der Waals surface area contributed by atoms with Gasteiger partial charge in [-0.05, 0) is 17.5 Å². The summed E-state index contributed by atoms with van der Waals surface area (Å²) < 4.78 is 37.9. The van der Waals surface area contributed by atoms with Crippen molar-refractivity contribution in [3.63, 3.8) is 0 Å². The van der Waals surface area contributed by atoms with Gasteiger partial charge in [-0.15, -0.1) is 0 Å². The van der Waals surface area contributed by atoms with Crippen LogP contribution < -0.4 is 5.32 Å². The second kappa shape index (κ2) is 5.67. The Balaban J connectivity index is 3.09. The first-order valence-electron chi connectivity index (χ1n) is 5.95. The molecule has 0 aromatic carbocycles. The number of aromatic nitrogens is 1. The van der Waals surface area contributed by atoms with E-state index >= 15 is 0 Å². The zero-order chi connectivity index (χ0) is 15.6. The highest BCUT2D eigenvalue weighted by molar-refractivity contribution is 5.45. The summed E-state index contributed by atoms with van der Waals surface area (Å²) >= 11 is 0. The second-order valence-electron chi connectivity index (χ2n) is 5.45. The molecule has 0 spiro atoms. The lowest BCUT2D eigenvalue weighted by atomic mass is 9.87. The van der Waals surface area contributed by atoms with E-state index in [9.17, 15) is 18.3 Å². The number of rotatable bonds is 3. The minimum atomic E-state index is -4.61. The van der Waals surface area contributed by atoms with Crippen LogP contribution in [-0.4, -0.2) is 22.7 Å². The molecule has 110 valence electrons. The molecular weight excluding hydrogens is 271 g/mol. The van der Waals surface area contributed by atoms with Crippen LogP contribution in [0, 0.1) is 16.7 Å². The van der Waals surface area contributed by atoms with Crippen molar-refractivity contribution in [2.24, 2.45) is 5.41 Å². The third-order valence-corrected chi connectivity index (χ3v) is 2.86. The number of anilines is 1. The van der Waals surface area contributed by atoms with Crippen molar-refractivity contribution >= 4 is 5.82 Å². The fourth-order valence-corrected chi connectivity index (χ4v) is 1.57. The lowest BCUT2D eigenvalue weighted by Gasteiger charge is -2.30. The van der Waals surface area contributed by atoms with Gasteiger partial charge < -0.3 is 10.4 Å². The van der Waals surface area contributed by atoms with Crippen LogP contribution in [0.1, 0.15) is 32.0 Å². The van der Waals surface area contributed by atoms with E-state index in [-0.39, 0.29) is 17.8 Å². The minimum absolute atomic E-state index is 0.128. The average Bonchev–Trinajstić information content (AvgIpc) is 2.32. The van der Waals surface area contributed by atoms with Crippen LogP contribution in [0.15, 0.2) is 12.1 Å². The van der Waals surface area contributed by atoms with Crippen molar-refractivity contribution in [3.8, 4) is 6.07 Å². The molecular formula is C13H16F3N3O. The molecule has 0 fully saturated rings. The summed E-state index contributed by atoms with van der Waals surface area (Å²) in [6, 6.07) is 3.01. The summed E-state index contributed by atoms with van der Waals surface area (Å²) in [6.07, 6.45) is -4.61. The maximum absolute atomic E-state index is 12.6. The lowest BCUT2D eigenvalue weighted by Crippen LogP contribution is -2.37. The summed E-state index contributed by atoms with van der Waals surface area (Å²) in [7, 11) is 0. The van der Waals surface area contributed by atoms with Crippen LogP contribution in [0.5, 0.6) is 0 Å². The first kappa shape index (κ1) is 16.2. The smallest absolute Gasteiger partial charge is 0.394 e. The minimum Gasteiger partial charge on any atom is -0.394 e. The van der Waals surface area contributed by atoms with Gasteiger partial charge in [-0.1, -0.05) is 20.8 Å². The number of nitriles is 1. The lowest BCUT2D eigenvalue weighted by molar-refractivity contribution is -0.138. The normalized spacial score (nSPS) is 13.7. The van der Waals surface area contributed by atoms with Gasteiger partial charge in [0.15, 0.2) is 5.69 Å². The molecule has 0 saturated carbocycles. The van der Waals surface area contributed by atoms with E-state index in [0.717, 1.165) is 12.1 Å². The summed E-state index contributed by atoms with van der Waals surface area (Å²) in [5.41, 5.74) is -2.07. The van der Waals surface area contributed by atoms with E-state index in [1.165, 1.54) is 6.07 Å². The van der Waals surface area contributed by atoms with Crippen LogP contribution in [0.25, 0.3) is 0 Å². The molecule has 1 heterocycles. The molecule has 0 aliphatic rings. The highest BCUT2D eigenvalue weighted by Gasteiger charge is 2.34. The van der Waals surface area contributed by atoms with E-state index in [0.29, 0.717) is 0 Å². The summed E-state index contributed by atoms with van der Waals surface area (Å²) in [5.74, 6) is 0.128. The molecule has 1 rings (SSSR count). The van der Waals surface area contributed by atoms with Crippen LogP contribution >= 0.6 is 0 Å². The first-order valence-corrected chi connectivity index (χ1v) is 5.95. The standard InChI is InChI=1S/C13H16F3N3O/c1-12(2,3)10(7-20)19-11-5-4-8(13(14,15)16)9(6-17)18-11/h4-5,10,20H,7H2,1-3H3,(H,18,19)/t10-/m0/s1. The fourth-order valence-electron chi connectivity index (χ4n) is 1.57. The molecule has 0 bridgehead atoms. The third kappa shape index (κ3) is 3.84. The Morgan fingerprint density at radius 1 is 1.35 bits per heavy atom. The second-order valence-corrected chi connectivity index (χ2v) is 5.45. The zero-order valence-corrected chi connectivity index (χ0v) is 11.4. The Hall–Kier alpha value is -1.81. The monoisotopic (exact) mass is 287 g/mol. The van der Waals surface area contributed by atoms with Gasteiger partial charge >= 0.3 is 6.18 Å². The highest BCUT2D eigenvalue weighted by atomic mass is 19.4. The number of nitrogens with one attached hydrogen (secondary N) is 1. The van der Waals surface area contributed by atoms with Crippen LogP contribution in [0.4, 0.5) is 19.0 Å². The third-order valence-electron chi connectivity index (χ3n) is 2.86. The van der Waals surface area contributed by atoms with E-state index in [1.807, 2.05) is 20.8 Å². The molecule has 0 unspecified atom stereocenters. The highest BCUT2D eigenvalue weighted by Crippen LogP contribution is 2.32. The fraction of sp³-hybridized carbons (Fsp3) is 0.538. The molecule has 0 amide bonds. The predicted octanol–water partition coefficient (Wildman–Crippen LogP) is 2.79. The summed E-state index contributed by atoms with van der Waals surface area (Å²) in [5, 5.41) is 20.9.